The van der Waals surface area contributed by atoms with Gasteiger partial charge in [0, 0.05) is 17.3 Å². The number of benzene rings is 1. The smallest absolute Gasteiger partial charge is 0.246 e. The van der Waals surface area contributed by atoms with Crippen LogP contribution in [-0.4, -0.2) is 20.7 Å². The molecule has 4 rings (SSSR count). The minimum Gasteiger partial charge on any atom is -0.488 e. The number of hydrogen-bond acceptors (Lipinski definition) is 4. The first-order valence-corrected chi connectivity index (χ1v) is 7.77. The van der Waals surface area contributed by atoms with Crippen molar-refractivity contribution >= 4 is 23.2 Å². The van der Waals surface area contributed by atoms with Crippen molar-refractivity contribution in [2.45, 2.75) is 13.2 Å². The average molecular weight is 341 g/mol. The van der Waals surface area contributed by atoms with Crippen LogP contribution in [-0.2, 0) is 17.9 Å². The van der Waals surface area contributed by atoms with Gasteiger partial charge in [0.1, 0.15) is 18.9 Å². The number of pyridine rings is 1. The number of amides is 1. The fourth-order valence-electron chi connectivity index (χ4n) is 2.71. The summed E-state index contributed by atoms with van der Waals surface area (Å²) in [4.78, 5) is 16.3. The van der Waals surface area contributed by atoms with E-state index < -0.39 is 0 Å². The third-order valence-electron chi connectivity index (χ3n) is 3.77. The van der Waals surface area contributed by atoms with Gasteiger partial charge in [-0.1, -0.05) is 23.7 Å². The summed E-state index contributed by atoms with van der Waals surface area (Å²) in [6.45, 7) is 0.525. The minimum absolute atomic E-state index is 0.0783. The van der Waals surface area contributed by atoms with Crippen molar-refractivity contribution in [2.75, 3.05) is 5.32 Å². The predicted molar refractivity (Wildman–Crippen MR) is 89.9 cm³/mol. The standard InChI is InChI=1S/C17H13ClN4O2/c18-17-13(5-3-7-19-17)21-15(23)9-22-16-11(8-20-22)10-24-14-6-2-1-4-12(14)16/h1-8H,9-10H2,(H,21,23). The first-order valence-electron chi connectivity index (χ1n) is 7.39. The van der Waals surface area contributed by atoms with E-state index >= 15 is 0 Å². The Bertz CT molecular complexity index is 922. The second kappa shape index (κ2) is 5.98. The highest BCUT2D eigenvalue weighted by molar-refractivity contribution is 6.32. The van der Waals surface area contributed by atoms with Crippen LogP contribution in [0.15, 0.2) is 48.8 Å². The first kappa shape index (κ1) is 14.7. The highest BCUT2D eigenvalue weighted by Gasteiger charge is 2.22. The van der Waals surface area contributed by atoms with Gasteiger partial charge in [-0.25, -0.2) is 4.98 Å². The van der Waals surface area contributed by atoms with E-state index in [0.717, 1.165) is 22.6 Å². The normalized spacial score (nSPS) is 12.0. The third kappa shape index (κ3) is 2.61. The van der Waals surface area contributed by atoms with Gasteiger partial charge in [0.2, 0.25) is 5.91 Å². The number of fused-ring (bicyclic) bond motifs is 3. The zero-order chi connectivity index (χ0) is 16.5. The quantitative estimate of drug-likeness (QED) is 0.744. The zero-order valence-corrected chi connectivity index (χ0v) is 13.3. The van der Waals surface area contributed by atoms with Gasteiger partial charge in [0.05, 0.1) is 17.6 Å². The van der Waals surface area contributed by atoms with Crippen LogP contribution < -0.4 is 10.1 Å². The molecule has 1 aliphatic rings. The summed E-state index contributed by atoms with van der Waals surface area (Å²) in [5.74, 6) is 0.572. The Morgan fingerprint density at radius 2 is 2.17 bits per heavy atom. The largest absolute Gasteiger partial charge is 0.488 e. The molecule has 7 heteroatoms. The maximum atomic E-state index is 12.3. The molecule has 6 nitrogen and oxygen atoms in total. The summed E-state index contributed by atoms with van der Waals surface area (Å²) in [6.07, 6.45) is 3.30. The second-order valence-electron chi connectivity index (χ2n) is 5.35. The minimum atomic E-state index is -0.222. The lowest BCUT2D eigenvalue weighted by Crippen LogP contribution is -2.21. The van der Waals surface area contributed by atoms with Crippen LogP contribution in [0.1, 0.15) is 5.56 Å². The number of carbonyl (C=O) groups is 1. The molecule has 3 heterocycles. The molecule has 0 spiro atoms. The van der Waals surface area contributed by atoms with Gasteiger partial charge in [-0.2, -0.15) is 5.10 Å². The van der Waals surface area contributed by atoms with Crippen molar-refractivity contribution in [1.82, 2.24) is 14.8 Å². The van der Waals surface area contributed by atoms with Crippen molar-refractivity contribution in [1.29, 1.82) is 0 Å². The number of halogens is 1. The predicted octanol–water partition coefficient (Wildman–Crippen LogP) is 3.13. The lowest BCUT2D eigenvalue weighted by molar-refractivity contribution is -0.116. The summed E-state index contributed by atoms with van der Waals surface area (Å²) < 4.78 is 7.38. The molecule has 3 aromatic rings. The van der Waals surface area contributed by atoms with Gasteiger partial charge < -0.3 is 10.1 Å². The van der Waals surface area contributed by atoms with Crippen LogP contribution in [0.2, 0.25) is 5.15 Å². The van der Waals surface area contributed by atoms with Crippen LogP contribution in [0, 0.1) is 0 Å². The Balaban J connectivity index is 1.60. The van der Waals surface area contributed by atoms with Gasteiger partial charge in [-0.05, 0) is 24.3 Å². The van der Waals surface area contributed by atoms with Gasteiger partial charge >= 0.3 is 0 Å². The monoisotopic (exact) mass is 340 g/mol. The SMILES string of the molecule is O=C(Cn1ncc2c1-c1ccccc1OC2)Nc1cccnc1Cl. The number of carbonyl (C=O) groups excluding carboxylic acids is 1. The second-order valence-corrected chi connectivity index (χ2v) is 5.71. The molecule has 1 N–H and O–H groups in total. The topological polar surface area (TPSA) is 69.0 Å². The van der Waals surface area contributed by atoms with E-state index in [-0.39, 0.29) is 17.6 Å². The maximum Gasteiger partial charge on any atom is 0.246 e. The highest BCUT2D eigenvalue weighted by atomic mass is 35.5. The number of aromatic nitrogens is 3. The fourth-order valence-corrected chi connectivity index (χ4v) is 2.88. The van der Waals surface area contributed by atoms with Gasteiger partial charge in [0.25, 0.3) is 0 Å². The van der Waals surface area contributed by atoms with E-state index in [2.05, 4.69) is 15.4 Å². The molecule has 0 bridgehead atoms. The fraction of sp³-hybridized carbons (Fsp3) is 0.118. The number of nitrogens with zero attached hydrogens (tertiary/aromatic N) is 3. The molecule has 1 aromatic carbocycles. The maximum absolute atomic E-state index is 12.3. The summed E-state index contributed by atoms with van der Waals surface area (Å²) in [7, 11) is 0. The Kier molecular flexibility index (Phi) is 3.66. The van der Waals surface area contributed by atoms with Crippen LogP contribution >= 0.6 is 11.6 Å². The number of para-hydroxylation sites is 1. The first-order chi connectivity index (χ1) is 11.7. The molecule has 1 aliphatic heterocycles. The van der Waals surface area contributed by atoms with Crippen molar-refractivity contribution in [3.8, 4) is 17.0 Å². The van der Waals surface area contributed by atoms with Crippen LogP contribution in [0.25, 0.3) is 11.3 Å². The van der Waals surface area contributed by atoms with E-state index in [4.69, 9.17) is 16.3 Å². The molecule has 0 radical (unpaired) electrons. The number of nitrogens with one attached hydrogen (secondary N) is 1. The molecular weight excluding hydrogens is 328 g/mol. The van der Waals surface area contributed by atoms with E-state index in [0.29, 0.717) is 12.3 Å². The third-order valence-corrected chi connectivity index (χ3v) is 4.07. The van der Waals surface area contributed by atoms with Gasteiger partial charge in [-0.3, -0.25) is 9.48 Å². The summed E-state index contributed by atoms with van der Waals surface area (Å²) in [5.41, 5.74) is 3.28. The molecule has 0 saturated heterocycles. The molecule has 0 atom stereocenters. The van der Waals surface area contributed by atoms with Gasteiger partial charge in [0.15, 0.2) is 5.15 Å². The zero-order valence-electron chi connectivity index (χ0n) is 12.6. The molecule has 24 heavy (non-hydrogen) atoms. The Labute approximate surface area is 143 Å². The summed E-state index contributed by atoms with van der Waals surface area (Å²) >= 11 is 5.97. The van der Waals surface area contributed by atoms with E-state index in [1.54, 1.807) is 29.2 Å². The van der Waals surface area contributed by atoms with Gasteiger partial charge in [-0.15, -0.1) is 0 Å². The van der Waals surface area contributed by atoms with E-state index in [9.17, 15) is 4.79 Å². The molecule has 120 valence electrons. The molecule has 0 fully saturated rings. The number of rotatable bonds is 3. The van der Waals surface area contributed by atoms with E-state index in [1.165, 1.54) is 0 Å². The number of anilines is 1. The van der Waals surface area contributed by atoms with Crippen molar-refractivity contribution in [3.05, 3.63) is 59.5 Å². The highest BCUT2D eigenvalue weighted by Crippen LogP contribution is 2.37. The lowest BCUT2D eigenvalue weighted by Gasteiger charge is -2.19. The lowest BCUT2D eigenvalue weighted by atomic mass is 10.0. The molecule has 2 aromatic heterocycles. The van der Waals surface area contributed by atoms with Crippen molar-refractivity contribution in [2.24, 2.45) is 0 Å². The Morgan fingerprint density at radius 1 is 1.29 bits per heavy atom. The van der Waals surface area contributed by atoms with Crippen LogP contribution in [0.4, 0.5) is 5.69 Å². The molecule has 0 unspecified atom stereocenters. The summed E-state index contributed by atoms with van der Waals surface area (Å²) in [6, 6.07) is 11.1. The number of ether oxygens (including phenoxy) is 1. The van der Waals surface area contributed by atoms with Crippen molar-refractivity contribution in [3.63, 3.8) is 0 Å². The van der Waals surface area contributed by atoms with E-state index in [1.807, 2.05) is 24.3 Å². The van der Waals surface area contributed by atoms with Crippen molar-refractivity contribution < 1.29 is 9.53 Å². The molecule has 0 aliphatic carbocycles. The molecule has 0 saturated carbocycles. The molecule has 1 amide bonds. The summed E-state index contributed by atoms with van der Waals surface area (Å²) in [5, 5.41) is 7.34. The average Bonchev–Trinajstić information content (AvgIpc) is 3.00. The Morgan fingerprint density at radius 3 is 3.04 bits per heavy atom. The molecular formula is C17H13ClN4O2. The Hall–Kier alpha value is -2.86. The van der Waals surface area contributed by atoms with Crippen LogP contribution in [0.5, 0.6) is 5.75 Å². The van der Waals surface area contributed by atoms with Crippen LogP contribution in [0.3, 0.4) is 0 Å². The number of hydrogen-bond donors (Lipinski definition) is 1.